The van der Waals surface area contributed by atoms with Crippen molar-refractivity contribution in [3.63, 3.8) is 0 Å². The number of benzene rings is 3. The molecule has 0 radical (unpaired) electrons. The Bertz CT molecular complexity index is 2260. The van der Waals surface area contributed by atoms with Crippen LogP contribution in [0.25, 0.3) is 33.3 Å². The normalized spacial score (nSPS) is 17.3. The van der Waals surface area contributed by atoms with Gasteiger partial charge in [-0.05, 0) is 91.6 Å². The Balaban J connectivity index is 0.00000497. The van der Waals surface area contributed by atoms with E-state index in [1.165, 1.54) is 45.5 Å². The number of pyridine rings is 1. The molecular weight excluding hydrogens is 844 g/mol. The minimum Gasteiger partial charge on any atom is -0.509 e. The van der Waals surface area contributed by atoms with Gasteiger partial charge >= 0.3 is 21.1 Å². The van der Waals surface area contributed by atoms with E-state index in [1.807, 2.05) is 12.3 Å². The first-order chi connectivity index (χ1) is 25.7. The molecule has 0 spiro atoms. The molecule has 0 saturated carbocycles. The summed E-state index contributed by atoms with van der Waals surface area (Å²) in [7, 11) is 0. The Morgan fingerprint density at radius 2 is 1.67 bits per heavy atom. The van der Waals surface area contributed by atoms with Gasteiger partial charge in [-0.15, -0.1) is 41.3 Å². The number of ether oxygens (including phenoxy) is 1. The molecular formula is C48H56N4OPt. The van der Waals surface area contributed by atoms with Crippen LogP contribution in [0.4, 0.5) is 0 Å². The molecule has 1 aliphatic carbocycles. The van der Waals surface area contributed by atoms with Crippen molar-refractivity contribution in [2.45, 2.75) is 119 Å². The van der Waals surface area contributed by atoms with Crippen LogP contribution >= 0.6 is 0 Å². The van der Waals surface area contributed by atoms with E-state index >= 15 is 0 Å². The zero-order chi connectivity index (χ0) is 37.2. The van der Waals surface area contributed by atoms with Gasteiger partial charge in [0.1, 0.15) is 5.82 Å². The second kappa shape index (κ2) is 17.2. The number of rotatable bonds is 13. The molecule has 7 rings (SSSR count). The Labute approximate surface area is 337 Å². The van der Waals surface area contributed by atoms with Gasteiger partial charge < -0.3 is 9.30 Å². The third kappa shape index (κ3) is 7.90. The standard InChI is InChI=1S/C48H56N4O.Pt/c1-9-12-17-35-22-23-49-46(26-35)51-43-19-14-13-18-40(43)41-21-20-38(30-45(41)51)53-39-28-36(31(4)5)27-37(29-39)52-44(16-11-3)48(42(50-52)15-10-2)47-33(7)24-32(6)25-34(47)8;/h13-14,18-24,26-28,31-32,34,47H,9-12,15-17,25H2,1-8H3;/q-2;+2/t32-,34-,47?;/m0./s1. The van der Waals surface area contributed by atoms with Gasteiger partial charge in [-0.3, -0.25) is 4.68 Å². The predicted octanol–water partition coefficient (Wildman–Crippen LogP) is 12.8. The molecule has 54 heavy (non-hydrogen) atoms. The van der Waals surface area contributed by atoms with E-state index < -0.39 is 0 Å². The van der Waals surface area contributed by atoms with Crippen molar-refractivity contribution in [1.29, 1.82) is 0 Å². The first-order valence-corrected chi connectivity index (χ1v) is 20.2. The fourth-order valence-electron chi connectivity index (χ4n) is 8.74. The fraction of sp³-hybridized carbons (Fsp3) is 0.417. The van der Waals surface area contributed by atoms with Crippen LogP contribution < -0.4 is 4.74 Å². The van der Waals surface area contributed by atoms with Crippen molar-refractivity contribution < 1.29 is 25.8 Å². The zero-order valence-corrected chi connectivity index (χ0v) is 35.7. The molecule has 0 bridgehead atoms. The molecule has 0 aliphatic heterocycles. The number of aromatic nitrogens is 4. The van der Waals surface area contributed by atoms with Crippen LogP contribution in [0, 0.1) is 24.0 Å². The second-order valence-electron chi connectivity index (χ2n) is 15.8. The van der Waals surface area contributed by atoms with Crippen LogP contribution in [-0.4, -0.2) is 19.3 Å². The van der Waals surface area contributed by atoms with E-state index in [0.717, 1.165) is 72.9 Å². The number of nitrogens with zero attached hydrogens (tertiary/aromatic N) is 4. The minimum atomic E-state index is 0. The van der Waals surface area contributed by atoms with E-state index in [2.05, 4.69) is 137 Å². The number of para-hydroxylation sites is 1. The Morgan fingerprint density at radius 1 is 0.870 bits per heavy atom. The summed E-state index contributed by atoms with van der Waals surface area (Å²) in [6.07, 6.45) is 13.0. The topological polar surface area (TPSA) is 44.9 Å². The van der Waals surface area contributed by atoms with Crippen LogP contribution in [-0.2, 0) is 40.3 Å². The molecule has 3 aromatic carbocycles. The van der Waals surface area contributed by atoms with Crippen LogP contribution in [0.3, 0.4) is 0 Å². The van der Waals surface area contributed by atoms with Crippen molar-refractivity contribution in [1.82, 2.24) is 19.3 Å². The molecule has 3 atom stereocenters. The van der Waals surface area contributed by atoms with Gasteiger partial charge in [0.15, 0.2) is 0 Å². The third-order valence-corrected chi connectivity index (χ3v) is 11.1. The molecule has 6 heteroatoms. The van der Waals surface area contributed by atoms with Crippen LogP contribution in [0.5, 0.6) is 11.5 Å². The summed E-state index contributed by atoms with van der Waals surface area (Å²) in [5, 5.41) is 7.72. The molecule has 1 unspecified atom stereocenters. The van der Waals surface area contributed by atoms with Gasteiger partial charge in [0.25, 0.3) is 0 Å². The van der Waals surface area contributed by atoms with Crippen molar-refractivity contribution in [2.75, 3.05) is 0 Å². The van der Waals surface area contributed by atoms with Gasteiger partial charge in [0.05, 0.1) is 5.69 Å². The van der Waals surface area contributed by atoms with E-state index in [1.54, 1.807) is 0 Å². The molecule has 3 aromatic heterocycles. The summed E-state index contributed by atoms with van der Waals surface area (Å²) in [4.78, 5) is 4.85. The van der Waals surface area contributed by atoms with Crippen molar-refractivity contribution in [2.24, 2.45) is 11.8 Å². The van der Waals surface area contributed by atoms with Crippen molar-refractivity contribution in [3.05, 3.63) is 119 Å². The maximum Gasteiger partial charge on any atom is 2.00 e. The Morgan fingerprint density at radius 3 is 2.41 bits per heavy atom. The minimum absolute atomic E-state index is 0. The fourth-order valence-corrected chi connectivity index (χ4v) is 8.74. The number of allylic oxidation sites excluding steroid dienone is 2. The number of hydrogen-bond acceptors (Lipinski definition) is 3. The van der Waals surface area contributed by atoms with Crippen LogP contribution in [0.15, 0.2) is 78.5 Å². The Kier molecular flexibility index (Phi) is 12.7. The number of hydrogen-bond donors (Lipinski definition) is 0. The SMILES string of the molecule is CCCCc1ccnc(-n2c3[c-]c(Oc4[c-]c(-n5nc(CCC)c(C6C(C)=C[C@H](C)C[C@@H]6C)c5CCC)cc(C(C)C)c4)ccc3c3ccccc32)c1.[Pt+2]. The van der Waals surface area contributed by atoms with E-state index in [4.69, 9.17) is 14.8 Å². The average Bonchev–Trinajstić information content (AvgIpc) is 3.65. The number of aryl methyl sites for hydroxylation is 2. The zero-order valence-electron chi connectivity index (χ0n) is 33.4. The predicted molar refractivity (Wildman–Crippen MR) is 220 cm³/mol. The quantitative estimate of drug-likeness (QED) is 0.0857. The summed E-state index contributed by atoms with van der Waals surface area (Å²) in [6, 6.07) is 28.9. The maximum absolute atomic E-state index is 6.75. The maximum atomic E-state index is 6.75. The first kappa shape index (κ1) is 39.7. The Hall–Kier alpha value is -3.95. The summed E-state index contributed by atoms with van der Waals surface area (Å²) in [5.41, 5.74) is 11.0. The number of fused-ring (bicyclic) bond motifs is 3. The third-order valence-electron chi connectivity index (χ3n) is 11.1. The molecule has 0 amide bonds. The first-order valence-electron chi connectivity index (χ1n) is 20.2. The van der Waals surface area contributed by atoms with Crippen molar-refractivity contribution in [3.8, 4) is 23.0 Å². The monoisotopic (exact) mass is 899 g/mol. The average molecular weight is 900 g/mol. The molecule has 0 saturated heterocycles. The molecule has 0 fully saturated rings. The van der Waals surface area contributed by atoms with Crippen LogP contribution in [0.2, 0.25) is 0 Å². The summed E-state index contributed by atoms with van der Waals surface area (Å²) < 4.78 is 11.2. The van der Waals surface area contributed by atoms with E-state index in [9.17, 15) is 0 Å². The van der Waals surface area contributed by atoms with Gasteiger partial charge in [0.2, 0.25) is 0 Å². The molecule has 5 nitrogen and oxygen atoms in total. The smallest absolute Gasteiger partial charge is 0.509 e. The van der Waals surface area contributed by atoms with Gasteiger partial charge in [-0.25, -0.2) is 4.98 Å². The van der Waals surface area contributed by atoms with E-state index in [-0.39, 0.29) is 21.1 Å². The summed E-state index contributed by atoms with van der Waals surface area (Å²) in [5.74, 6) is 4.11. The molecule has 3 heterocycles. The van der Waals surface area contributed by atoms with E-state index in [0.29, 0.717) is 35.2 Å². The number of unbranched alkanes of at least 4 members (excludes halogenated alkanes) is 1. The molecule has 284 valence electrons. The molecule has 1 aliphatic rings. The van der Waals surface area contributed by atoms with Gasteiger partial charge in [0, 0.05) is 40.4 Å². The van der Waals surface area contributed by atoms with Crippen LogP contribution in [0.1, 0.15) is 127 Å². The molecule has 6 aromatic rings. The van der Waals surface area contributed by atoms with Crippen molar-refractivity contribution >= 4 is 21.8 Å². The second-order valence-corrected chi connectivity index (χ2v) is 15.8. The van der Waals surface area contributed by atoms with Gasteiger partial charge in [-0.1, -0.05) is 103 Å². The largest absolute Gasteiger partial charge is 2.00 e. The molecule has 0 N–H and O–H groups in total. The van der Waals surface area contributed by atoms with Gasteiger partial charge in [-0.2, -0.15) is 11.2 Å². The summed E-state index contributed by atoms with van der Waals surface area (Å²) in [6.45, 7) is 18.4. The summed E-state index contributed by atoms with van der Waals surface area (Å²) >= 11 is 0.